The van der Waals surface area contributed by atoms with E-state index >= 15 is 0 Å². The van der Waals surface area contributed by atoms with Crippen LogP contribution in [0.4, 0.5) is 0 Å². The summed E-state index contributed by atoms with van der Waals surface area (Å²) in [6.07, 6.45) is 3.63. The van der Waals surface area contributed by atoms with Gasteiger partial charge >= 0.3 is 0 Å². The number of rotatable bonds is 9. The molecule has 2 unspecified atom stereocenters. The molecule has 3 nitrogen and oxygen atoms in total. The van der Waals surface area contributed by atoms with Crippen molar-refractivity contribution >= 4 is 0 Å². The molecular formula is C16H25NO2. The normalized spacial score (nSPS) is 18.2. The van der Waals surface area contributed by atoms with Crippen molar-refractivity contribution in [1.29, 1.82) is 0 Å². The molecule has 0 amide bonds. The van der Waals surface area contributed by atoms with Crippen molar-refractivity contribution < 1.29 is 9.84 Å². The fourth-order valence-corrected chi connectivity index (χ4v) is 2.12. The summed E-state index contributed by atoms with van der Waals surface area (Å²) in [6, 6.07) is 10.1. The fourth-order valence-electron chi connectivity index (χ4n) is 2.12. The van der Waals surface area contributed by atoms with Crippen LogP contribution in [0.5, 0.6) is 0 Å². The first-order valence-electron chi connectivity index (χ1n) is 7.31. The molecule has 0 aromatic heterocycles. The number of aliphatic hydroxyl groups is 1. The average Bonchev–Trinajstić information content (AvgIpc) is 3.26. The zero-order valence-corrected chi connectivity index (χ0v) is 11.7. The molecule has 0 saturated heterocycles. The lowest BCUT2D eigenvalue weighted by molar-refractivity contribution is -0.00199. The molecule has 1 fully saturated rings. The van der Waals surface area contributed by atoms with E-state index in [9.17, 15) is 5.11 Å². The molecule has 0 radical (unpaired) electrons. The van der Waals surface area contributed by atoms with Gasteiger partial charge in [-0.3, -0.25) is 0 Å². The monoisotopic (exact) mass is 263 g/mol. The summed E-state index contributed by atoms with van der Waals surface area (Å²) >= 11 is 0. The van der Waals surface area contributed by atoms with E-state index in [4.69, 9.17) is 4.74 Å². The highest BCUT2D eigenvalue weighted by molar-refractivity contribution is 5.16. The molecule has 19 heavy (non-hydrogen) atoms. The van der Waals surface area contributed by atoms with Crippen LogP contribution in [-0.2, 0) is 4.74 Å². The molecule has 0 aliphatic heterocycles. The second-order valence-electron chi connectivity index (χ2n) is 5.48. The molecule has 2 N–H and O–H groups in total. The number of hydrogen-bond donors (Lipinski definition) is 2. The summed E-state index contributed by atoms with van der Waals surface area (Å²) in [6.45, 7) is 4.03. The molecule has 3 heteroatoms. The van der Waals surface area contributed by atoms with Gasteiger partial charge in [-0.05, 0) is 31.4 Å². The topological polar surface area (TPSA) is 41.5 Å². The molecule has 106 valence electrons. The van der Waals surface area contributed by atoms with Gasteiger partial charge in [-0.2, -0.15) is 0 Å². The van der Waals surface area contributed by atoms with Gasteiger partial charge in [0.15, 0.2) is 0 Å². The van der Waals surface area contributed by atoms with Crippen molar-refractivity contribution in [3.8, 4) is 0 Å². The van der Waals surface area contributed by atoms with Crippen molar-refractivity contribution in [2.24, 2.45) is 5.92 Å². The van der Waals surface area contributed by atoms with Crippen molar-refractivity contribution in [3.05, 3.63) is 35.9 Å². The van der Waals surface area contributed by atoms with Crippen LogP contribution in [-0.4, -0.2) is 30.9 Å². The minimum absolute atomic E-state index is 0.0299. The fraction of sp³-hybridized carbons (Fsp3) is 0.625. The van der Waals surface area contributed by atoms with Gasteiger partial charge in [0.1, 0.15) is 0 Å². The zero-order valence-electron chi connectivity index (χ0n) is 11.7. The molecule has 1 aromatic carbocycles. The average molecular weight is 263 g/mol. The quantitative estimate of drug-likeness (QED) is 0.673. The molecule has 2 atom stereocenters. The van der Waals surface area contributed by atoms with Gasteiger partial charge in [0.05, 0.1) is 18.8 Å². The molecule has 1 aromatic rings. The Morgan fingerprint density at radius 3 is 2.74 bits per heavy atom. The number of nitrogens with one attached hydrogen (secondary N) is 1. The number of ether oxygens (including phenoxy) is 1. The smallest absolute Gasteiger partial charge is 0.0897 e. The molecule has 1 aliphatic rings. The summed E-state index contributed by atoms with van der Waals surface area (Å²) in [7, 11) is 0. The van der Waals surface area contributed by atoms with Crippen molar-refractivity contribution in [3.63, 3.8) is 0 Å². The number of aliphatic hydroxyl groups excluding tert-OH is 1. The first-order valence-corrected chi connectivity index (χ1v) is 7.31. The summed E-state index contributed by atoms with van der Waals surface area (Å²) in [5, 5.41) is 13.1. The second kappa shape index (κ2) is 7.63. The molecule has 1 saturated carbocycles. The van der Waals surface area contributed by atoms with Crippen molar-refractivity contribution in [2.75, 3.05) is 19.7 Å². The highest BCUT2D eigenvalue weighted by Gasteiger charge is 2.20. The minimum atomic E-state index is -0.426. The van der Waals surface area contributed by atoms with Crippen LogP contribution >= 0.6 is 0 Å². The van der Waals surface area contributed by atoms with Crippen LogP contribution < -0.4 is 5.32 Å². The summed E-state index contributed by atoms with van der Waals surface area (Å²) in [4.78, 5) is 0. The largest absolute Gasteiger partial charge is 0.389 e. The number of hydrogen-bond acceptors (Lipinski definition) is 3. The zero-order chi connectivity index (χ0) is 13.5. The predicted molar refractivity (Wildman–Crippen MR) is 77.0 cm³/mol. The van der Waals surface area contributed by atoms with Gasteiger partial charge in [0.2, 0.25) is 0 Å². The number of benzene rings is 1. The first-order chi connectivity index (χ1) is 9.25. The Morgan fingerprint density at radius 2 is 2.05 bits per heavy atom. The van der Waals surface area contributed by atoms with Crippen LogP contribution in [0.3, 0.4) is 0 Å². The van der Waals surface area contributed by atoms with Crippen molar-refractivity contribution in [1.82, 2.24) is 5.32 Å². The molecule has 2 rings (SSSR count). The van der Waals surface area contributed by atoms with Crippen LogP contribution in [0, 0.1) is 5.92 Å². The third-order valence-electron chi connectivity index (χ3n) is 3.61. The Balaban J connectivity index is 1.55. The molecular weight excluding hydrogens is 238 g/mol. The maximum absolute atomic E-state index is 9.84. The molecule has 1 aliphatic carbocycles. The Kier molecular flexibility index (Phi) is 5.83. The van der Waals surface area contributed by atoms with E-state index < -0.39 is 6.10 Å². The van der Waals surface area contributed by atoms with Crippen LogP contribution in [0.2, 0.25) is 0 Å². The van der Waals surface area contributed by atoms with Gasteiger partial charge in [0.25, 0.3) is 0 Å². The van der Waals surface area contributed by atoms with Gasteiger partial charge in [-0.25, -0.2) is 0 Å². The maximum Gasteiger partial charge on any atom is 0.0897 e. The van der Waals surface area contributed by atoms with E-state index in [1.165, 1.54) is 19.3 Å². The Labute approximate surface area is 116 Å². The van der Waals surface area contributed by atoms with Crippen LogP contribution in [0.1, 0.15) is 37.9 Å². The predicted octanol–water partition coefficient (Wildman–Crippen LogP) is 2.51. The SMILES string of the molecule is CC(OCC(O)CNCCC1CC1)c1ccccc1. The first kappa shape index (κ1) is 14.5. The summed E-state index contributed by atoms with van der Waals surface area (Å²) < 4.78 is 5.69. The standard InChI is InChI=1S/C16H25NO2/c1-13(15-5-3-2-4-6-15)19-12-16(18)11-17-10-9-14-7-8-14/h2-6,13-14,16-18H,7-12H2,1H3. The van der Waals surface area contributed by atoms with E-state index in [0.717, 1.165) is 18.0 Å². The van der Waals surface area contributed by atoms with Gasteiger partial charge < -0.3 is 15.2 Å². The second-order valence-corrected chi connectivity index (χ2v) is 5.48. The highest BCUT2D eigenvalue weighted by Crippen LogP contribution is 2.31. The highest BCUT2D eigenvalue weighted by atomic mass is 16.5. The Morgan fingerprint density at radius 1 is 1.32 bits per heavy atom. The lowest BCUT2D eigenvalue weighted by Crippen LogP contribution is -2.31. The maximum atomic E-state index is 9.84. The third kappa shape index (κ3) is 5.72. The van der Waals surface area contributed by atoms with E-state index in [-0.39, 0.29) is 6.10 Å². The van der Waals surface area contributed by atoms with Gasteiger partial charge in [0, 0.05) is 6.54 Å². The van der Waals surface area contributed by atoms with Gasteiger partial charge in [-0.15, -0.1) is 0 Å². The van der Waals surface area contributed by atoms with Crippen LogP contribution in [0.15, 0.2) is 30.3 Å². The Hall–Kier alpha value is -0.900. The van der Waals surface area contributed by atoms with E-state index in [0.29, 0.717) is 13.2 Å². The van der Waals surface area contributed by atoms with E-state index in [1.54, 1.807) is 0 Å². The minimum Gasteiger partial charge on any atom is -0.389 e. The summed E-state index contributed by atoms with van der Waals surface area (Å²) in [5.41, 5.74) is 1.15. The third-order valence-corrected chi connectivity index (χ3v) is 3.61. The Bertz CT molecular complexity index is 351. The van der Waals surface area contributed by atoms with Crippen LogP contribution in [0.25, 0.3) is 0 Å². The van der Waals surface area contributed by atoms with E-state index in [2.05, 4.69) is 5.32 Å². The van der Waals surface area contributed by atoms with E-state index in [1.807, 2.05) is 37.3 Å². The van der Waals surface area contributed by atoms with Crippen molar-refractivity contribution in [2.45, 2.75) is 38.4 Å². The van der Waals surface area contributed by atoms with Gasteiger partial charge in [-0.1, -0.05) is 43.2 Å². The lowest BCUT2D eigenvalue weighted by atomic mass is 10.1. The molecule has 0 spiro atoms. The lowest BCUT2D eigenvalue weighted by Gasteiger charge is -2.17. The molecule has 0 heterocycles. The molecule has 0 bridgehead atoms. The summed E-state index contributed by atoms with van der Waals surface area (Å²) in [5.74, 6) is 0.944.